The summed E-state index contributed by atoms with van der Waals surface area (Å²) in [5.41, 5.74) is 1.86. The van der Waals surface area contributed by atoms with Gasteiger partial charge in [0, 0.05) is 26.1 Å². The number of hydrogen-bond acceptors (Lipinski definition) is 6. The van der Waals surface area contributed by atoms with Gasteiger partial charge in [-0.15, -0.1) is 0 Å². The third-order valence-corrected chi connectivity index (χ3v) is 6.23. The van der Waals surface area contributed by atoms with Gasteiger partial charge in [0.2, 0.25) is 5.91 Å². The zero-order chi connectivity index (χ0) is 22.9. The fourth-order valence-corrected chi connectivity index (χ4v) is 4.56. The molecular weight excluding hydrogens is 444 g/mol. The monoisotopic (exact) mass is 470 g/mol. The highest BCUT2D eigenvalue weighted by Crippen LogP contribution is 2.33. The van der Waals surface area contributed by atoms with Crippen molar-refractivity contribution in [2.45, 2.75) is 19.9 Å². The molecule has 2 aromatic carbocycles. The second kappa shape index (κ2) is 11.8. The van der Waals surface area contributed by atoms with E-state index in [1.54, 1.807) is 11.0 Å². The maximum absolute atomic E-state index is 12.8. The number of benzene rings is 2. The number of nitrogens with zero attached hydrogens (tertiary/aromatic N) is 2. The number of carbonyl (C=O) groups is 2. The van der Waals surface area contributed by atoms with Gasteiger partial charge in [0.05, 0.1) is 18.1 Å². The van der Waals surface area contributed by atoms with Gasteiger partial charge in [-0.1, -0.05) is 66.4 Å². The van der Waals surface area contributed by atoms with Crippen molar-refractivity contribution in [1.29, 1.82) is 0 Å². The average Bonchev–Trinajstić information content (AvgIpc) is 3.06. The fraction of sp³-hybridized carbons (Fsp3) is 0.292. The zero-order valence-electron chi connectivity index (χ0n) is 17.9. The lowest BCUT2D eigenvalue weighted by atomic mass is 10.2. The maximum atomic E-state index is 12.8. The Kier molecular flexibility index (Phi) is 8.84. The summed E-state index contributed by atoms with van der Waals surface area (Å²) in [5, 5.41) is 9.35. The van der Waals surface area contributed by atoms with Crippen LogP contribution in [0.2, 0.25) is 0 Å². The van der Waals surface area contributed by atoms with Crippen LogP contribution in [-0.4, -0.2) is 57.3 Å². The van der Waals surface area contributed by atoms with E-state index in [2.05, 4.69) is 0 Å². The first-order valence-electron chi connectivity index (χ1n) is 10.4. The molecule has 0 aromatic heterocycles. The van der Waals surface area contributed by atoms with E-state index in [0.717, 1.165) is 16.9 Å². The van der Waals surface area contributed by atoms with Crippen LogP contribution in [0.1, 0.15) is 24.5 Å². The summed E-state index contributed by atoms with van der Waals surface area (Å²) in [6, 6.07) is 17.1. The number of amides is 2. The van der Waals surface area contributed by atoms with Gasteiger partial charge < -0.3 is 14.7 Å². The number of aliphatic hydroxyl groups is 1. The third kappa shape index (κ3) is 6.41. The summed E-state index contributed by atoms with van der Waals surface area (Å²) in [7, 11) is 0. The molecule has 0 radical (unpaired) electrons. The lowest BCUT2D eigenvalue weighted by Crippen LogP contribution is -2.37. The molecule has 2 amide bonds. The summed E-state index contributed by atoms with van der Waals surface area (Å²) >= 11 is 6.62. The van der Waals surface area contributed by atoms with E-state index in [1.165, 1.54) is 16.7 Å². The fourth-order valence-electron chi connectivity index (χ4n) is 3.25. The molecule has 0 aliphatic carbocycles. The van der Waals surface area contributed by atoms with E-state index >= 15 is 0 Å². The van der Waals surface area contributed by atoms with Gasteiger partial charge in [0.15, 0.2) is 0 Å². The van der Waals surface area contributed by atoms with Crippen molar-refractivity contribution < 1.29 is 19.4 Å². The van der Waals surface area contributed by atoms with Crippen LogP contribution in [0.3, 0.4) is 0 Å². The SMILES string of the molecule is CCOc1ccc(/C=C2\SC(=S)N(CCC(=O)N(CCO)Cc3ccccc3)C2=O)cc1. The molecule has 0 saturated carbocycles. The molecule has 1 aliphatic rings. The van der Waals surface area contributed by atoms with Gasteiger partial charge in [-0.05, 0) is 36.3 Å². The van der Waals surface area contributed by atoms with Crippen LogP contribution in [-0.2, 0) is 16.1 Å². The normalized spacial score (nSPS) is 14.8. The zero-order valence-corrected chi connectivity index (χ0v) is 19.5. The Labute approximate surface area is 197 Å². The maximum Gasteiger partial charge on any atom is 0.266 e. The Hall–Kier alpha value is -2.68. The van der Waals surface area contributed by atoms with Crippen molar-refractivity contribution in [2.24, 2.45) is 0 Å². The van der Waals surface area contributed by atoms with Crippen molar-refractivity contribution in [3.05, 3.63) is 70.6 Å². The molecule has 32 heavy (non-hydrogen) atoms. The van der Waals surface area contributed by atoms with Gasteiger partial charge >= 0.3 is 0 Å². The van der Waals surface area contributed by atoms with Crippen molar-refractivity contribution in [3.8, 4) is 5.75 Å². The van der Waals surface area contributed by atoms with Crippen molar-refractivity contribution >= 4 is 46.2 Å². The number of ether oxygens (including phenoxy) is 1. The molecule has 1 aliphatic heterocycles. The predicted octanol–water partition coefficient (Wildman–Crippen LogP) is 3.70. The molecule has 8 heteroatoms. The quantitative estimate of drug-likeness (QED) is 0.422. The van der Waals surface area contributed by atoms with Crippen LogP contribution < -0.4 is 4.74 Å². The molecular formula is C24H26N2O4S2. The van der Waals surface area contributed by atoms with Gasteiger partial charge in [-0.3, -0.25) is 14.5 Å². The first-order valence-corrected chi connectivity index (χ1v) is 11.6. The summed E-state index contributed by atoms with van der Waals surface area (Å²) in [5.74, 6) is 0.449. The smallest absolute Gasteiger partial charge is 0.266 e. The van der Waals surface area contributed by atoms with Crippen LogP contribution in [0.5, 0.6) is 5.75 Å². The first-order chi connectivity index (χ1) is 15.5. The van der Waals surface area contributed by atoms with Crippen LogP contribution >= 0.6 is 24.0 Å². The standard InChI is InChI=1S/C24H26N2O4S2/c1-2-30-20-10-8-18(9-11-20)16-21-23(29)26(24(31)32-21)13-12-22(28)25(14-15-27)17-19-6-4-3-5-7-19/h3-11,16,27H,2,12-15,17H2,1H3/b21-16-. The number of rotatable bonds is 10. The van der Waals surface area contributed by atoms with Crippen molar-refractivity contribution in [3.63, 3.8) is 0 Å². The molecule has 0 bridgehead atoms. The minimum absolute atomic E-state index is 0.121. The minimum Gasteiger partial charge on any atom is -0.494 e. The molecule has 6 nitrogen and oxygen atoms in total. The van der Waals surface area contributed by atoms with E-state index in [-0.39, 0.29) is 37.9 Å². The summed E-state index contributed by atoms with van der Waals surface area (Å²) < 4.78 is 5.88. The lowest BCUT2D eigenvalue weighted by Gasteiger charge is -2.23. The number of hydrogen-bond donors (Lipinski definition) is 1. The highest BCUT2D eigenvalue weighted by atomic mass is 32.2. The van der Waals surface area contributed by atoms with Crippen LogP contribution in [0, 0.1) is 0 Å². The average molecular weight is 471 g/mol. The molecule has 1 heterocycles. The predicted molar refractivity (Wildman–Crippen MR) is 131 cm³/mol. The molecule has 1 saturated heterocycles. The Morgan fingerprint density at radius 3 is 2.56 bits per heavy atom. The van der Waals surface area contributed by atoms with Crippen LogP contribution in [0.25, 0.3) is 6.08 Å². The molecule has 0 unspecified atom stereocenters. The Balaban J connectivity index is 1.61. The van der Waals surface area contributed by atoms with E-state index in [1.807, 2.05) is 61.5 Å². The largest absolute Gasteiger partial charge is 0.494 e. The summed E-state index contributed by atoms with van der Waals surface area (Å²) in [6.07, 6.45) is 1.93. The van der Waals surface area contributed by atoms with Crippen LogP contribution in [0.4, 0.5) is 0 Å². The van der Waals surface area contributed by atoms with E-state index in [4.69, 9.17) is 17.0 Å². The van der Waals surface area contributed by atoms with E-state index in [9.17, 15) is 14.7 Å². The van der Waals surface area contributed by atoms with Crippen molar-refractivity contribution in [1.82, 2.24) is 9.80 Å². The van der Waals surface area contributed by atoms with Gasteiger partial charge in [0.25, 0.3) is 5.91 Å². The van der Waals surface area contributed by atoms with Gasteiger partial charge in [-0.2, -0.15) is 0 Å². The number of carbonyl (C=O) groups excluding carboxylic acids is 2. The molecule has 3 rings (SSSR count). The summed E-state index contributed by atoms with van der Waals surface area (Å²) in [4.78, 5) is 29.2. The molecule has 2 aromatic rings. The van der Waals surface area contributed by atoms with Crippen LogP contribution in [0.15, 0.2) is 59.5 Å². The highest BCUT2D eigenvalue weighted by molar-refractivity contribution is 8.26. The molecule has 168 valence electrons. The topological polar surface area (TPSA) is 70.1 Å². The third-order valence-electron chi connectivity index (χ3n) is 4.85. The molecule has 0 atom stereocenters. The minimum atomic E-state index is -0.196. The Bertz CT molecular complexity index is 977. The lowest BCUT2D eigenvalue weighted by molar-refractivity contribution is -0.132. The van der Waals surface area contributed by atoms with Gasteiger partial charge in [-0.25, -0.2) is 0 Å². The molecule has 0 spiro atoms. The second-order valence-corrected chi connectivity index (χ2v) is 8.79. The number of thioether (sulfide) groups is 1. The second-order valence-electron chi connectivity index (χ2n) is 7.11. The van der Waals surface area contributed by atoms with Crippen molar-refractivity contribution in [2.75, 3.05) is 26.3 Å². The number of thiocarbonyl (C=S) groups is 1. The van der Waals surface area contributed by atoms with E-state index in [0.29, 0.717) is 22.4 Å². The highest BCUT2D eigenvalue weighted by Gasteiger charge is 2.32. The number of aliphatic hydroxyl groups excluding tert-OH is 1. The first kappa shape index (κ1) is 24.0. The molecule has 1 fully saturated rings. The Morgan fingerprint density at radius 2 is 1.91 bits per heavy atom. The summed E-state index contributed by atoms with van der Waals surface area (Å²) in [6.45, 7) is 3.26. The van der Waals surface area contributed by atoms with E-state index < -0.39 is 0 Å². The Morgan fingerprint density at radius 1 is 1.19 bits per heavy atom. The van der Waals surface area contributed by atoms with Gasteiger partial charge in [0.1, 0.15) is 10.1 Å². The molecule has 1 N–H and O–H groups in total.